The second-order valence-corrected chi connectivity index (χ2v) is 8.88. The summed E-state index contributed by atoms with van der Waals surface area (Å²) in [5.41, 5.74) is 7.64. The Labute approximate surface area is 194 Å². The lowest BCUT2D eigenvalue weighted by molar-refractivity contribution is 0.475. The van der Waals surface area contributed by atoms with Crippen molar-refractivity contribution in [2.24, 2.45) is 0 Å². The Hall–Kier alpha value is -2.74. The smallest absolute Gasteiger partial charge is 0.115 e. The van der Waals surface area contributed by atoms with Crippen molar-refractivity contribution in [1.29, 1.82) is 0 Å². The molecule has 0 aliphatic carbocycles. The normalized spacial score (nSPS) is 11.1. The second-order valence-electron chi connectivity index (χ2n) is 8.88. The van der Waals surface area contributed by atoms with Crippen LogP contribution in [0.15, 0.2) is 60.7 Å². The standard InChI is InChI=1S/C30H38O2/c1-3-5-7-9-11-25-21-30(24-15-19-28(32)20-16-24)26(12-10-8-6-4-2)22-29(25)23-13-17-27(31)18-14-23/h13-22,31-32H,3-12H2,1-2H3. The van der Waals surface area contributed by atoms with Gasteiger partial charge in [0.1, 0.15) is 11.5 Å². The van der Waals surface area contributed by atoms with Crippen molar-refractivity contribution in [3.05, 3.63) is 71.8 Å². The van der Waals surface area contributed by atoms with Crippen LogP contribution in [-0.2, 0) is 12.8 Å². The van der Waals surface area contributed by atoms with Crippen molar-refractivity contribution < 1.29 is 10.2 Å². The molecule has 32 heavy (non-hydrogen) atoms. The molecule has 3 rings (SSSR count). The van der Waals surface area contributed by atoms with Crippen LogP contribution in [0.4, 0.5) is 0 Å². The Morgan fingerprint density at radius 3 is 1.22 bits per heavy atom. The average molecular weight is 431 g/mol. The van der Waals surface area contributed by atoms with E-state index in [4.69, 9.17) is 0 Å². The van der Waals surface area contributed by atoms with Gasteiger partial charge in [-0.25, -0.2) is 0 Å². The number of hydrogen-bond donors (Lipinski definition) is 2. The number of rotatable bonds is 12. The highest BCUT2D eigenvalue weighted by molar-refractivity contribution is 5.77. The number of aryl methyl sites for hydroxylation is 2. The van der Waals surface area contributed by atoms with E-state index >= 15 is 0 Å². The van der Waals surface area contributed by atoms with E-state index in [-0.39, 0.29) is 0 Å². The molecule has 2 heteroatoms. The summed E-state index contributed by atoms with van der Waals surface area (Å²) in [6.45, 7) is 4.50. The fourth-order valence-corrected chi connectivity index (χ4v) is 4.41. The molecule has 170 valence electrons. The van der Waals surface area contributed by atoms with Crippen LogP contribution < -0.4 is 0 Å². The lowest BCUT2D eigenvalue weighted by Crippen LogP contribution is -1.98. The van der Waals surface area contributed by atoms with E-state index in [1.807, 2.05) is 24.3 Å². The summed E-state index contributed by atoms with van der Waals surface area (Å²) in [6.07, 6.45) is 12.0. The van der Waals surface area contributed by atoms with E-state index in [0.29, 0.717) is 11.5 Å². The first-order valence-electron chi connectivity index (χ1n) is 12.4. The topological polar surface area (TPSA) is 40.5 Å². The molecular weight excluding hydrogens is 392 g/mol. The van der Waals surface area contributed by atoms with Gasteiger partial charge < -0.3 is 10.2 Å². The quantitative estimate of drug-likeness (QED) is 0.282. The number of benzene rings is 3. The van der Waals surface area contributed by atoms with Gasteiger partial charge in [-0.2, -0.15) is 0 Å². The molecule has 0 aromatic heterocycles. The molecular formula is C30H38O2. The van der Waals surface area contributed by atoms with Gasteiger partial charge in [-0.05, 0) is 83.3 Å². The third-order valence-corrected chi connectivity index (χ3v) is 6.28. The lowest BCUT2D eigenvalue weighted by Gasteiger charge is -2.18. The molecule has 0 fully saturated rings. The molecule has 0 unspecified atom stereocenters. The van der Waals surface area contributed by atoms with E-state index in [1.54, 1.807) is 24.3 Å². The van der Waals surface area contributed by atoms with Gasteiger partial charge in [-0.3, -0.25) is 0 Å². The summed E-state index contributed by atoms with van der Waals surface area (Å²) in [7, 11) is 0. The van der Waals surface area contributed by atoms with Crippen molar-refractivity contribution in [3.63, 3.8) is 0 Å². The van der Waals surface area contributed by atoms with Gasteiger partial charge in [0.15, 0.2) is 0 Å². The highest BCUT2D eigenvalue weighted by Gasteiger charge is 2.14. The molecule has 0 aliphatic heterocycles. The predicted octanol–water partition coefficient (Wildman–Crippen LogP) is 8.68. The Bertz CT molecular complexity index is 874. The lowest BCUT2D eigenvalue weighted by atomic mass is 9.87. The summed E-state index contributed by atoms with van der Waals surface area (Å²) in [6, 6.07) is 20.0. The van der Waals surface area contributed by atoms with Crippen LogP contribution in [0.2, 0.25) is 0 Å². The second kappa shape index (κ2) is 12.3. The Kier molecular flexibility index (Phi) is 9.22. The number of aromatic hydroxyl groups is 2. The SMILES string of the molecule is CCCCCCc1cc(-c2ccc(O)cc2)c(CCCCCC)cc1-c1ccc(O)cc1. The maximum absolute atomic E-state index is 9.79. The summed E-state index contributed by atoms with van der Waals surface area (Å²) < 4.78 is 0. The van der Waals surface area contributed by atoms with Crippen LogP contribution in [0.5, 0.6) is 11.5 Å². The monoisotopic (exact) mass is 430 g/mol. The van der Waals surface area contributed by atoms with Crippen LogP contribution in [0.3, 0.4) is 0 Å². The van der Waals surface area contributed by atoms with E-state index in [9.17, 15) is 10.2 Å². The van der Waals surface area contributed by atoms with E-state index < -0.39 is 0 Å². The van der Waals surface area contributed by atoms with Crippen LogP contribution in [0.1, 0.15) is 76.3 Å². The van der Waals surface area contributed by atoms with Crippen molar-refractivity contribution in [3.8, 4) is 33.8 Å². The van der Waals surface area contributed by atoms with E-state index in [1.165, 1.54) is 84.7 Å². The zero-order valence-corrected chi connectivity index (χ0v) is 19.7. The van der Waals surface area contributed by atoms with Crippen molar-refractivity contribution in [1.82, 2.24) is 0 Å². The van der Waals surface area contributed by atoms with Crippen LogP contribution in [0.25, 0.3) is 22.3 Å². The van der Waals surface area contributed by atoms with Gasteiger partial charge in [0.25, 0.3) is 0 Å². The molecule has 0 radical (unpaired) electrons. The first-order valence-corrected chi connectivity index (χ1v) is 12.4. The fraction of sp³-hybridized carbons (Fsp3) is 0.400. The molecule has 0 heterocycles. The Morgan fingerprint density at radius 1 is 0.500 bits per heavy atom. The molecule has 0 bridgehead atoms. The zero-order chi connectivity index (χ0) is 22.8. The molecule has 0 atom stereocenters. The number of unbranched alkanes of at least 4 members (excludes halogenated alkanes) is 6. The highest BCUT2D eigenvalue weighted by atomic mass is 16.3. The Morgan fingerprint density at radius 2 is 0.875 bits per heavy atom. The van der Waals surface area contributed by atoms with Gasteiger partial charge in [0.2, 0.25) is 0 Å². The average Bonchev–Trinajstić information content (AvgIpc) is 2.81. The number of phenolic OH excluding ortho intramolecular Hbond substituents is 2. The van der Waals surface area contributed by atoms with Crippen molar-refractivity contribution in [2.45, 2.75) is 78.1 Å². The zero-order valence-electron chi connectivity index (χ0n) is 19.7. The van der Waals surface area contributed by atoms with Gasteiger partial charge in [0.05, 0.1) is 0 Å². The van der Waals surface area contributed by atoms with E-state index in [2.05, 4.69) is 26.0 Å². The third-order valence-electron chi connectivity index (χ3n) is 6.28. The van der Waals surface area contributed by atoms with Crippen LogP contribution in [0, 0.1) is 0 Å². The van der Waals surface area contributed by atoms with Crippen molar-refractivity contribution in [2.75, 3.05) is 0 Å². The molecule has 2 nitrogen and oxygen atoms in total. The third kappa shape index (κ3) is 6.63. The van der Waals surface area contributed by atoms with Gasteiger partial charge in [0, 0.05) is 0 Å². The molecule has 0 saturated carbocycles. The highest BCUT2D eigenvalue weighted by Crippen LogP contribution is 2.35. The molecule has 3 aromatic rings. The molecule has 2 N–H and O–H groups in total. The number of hydrogen-bond acceptors (Lipinski definition) is 2. The molecule has 3 aromatic carbocycles. The largest absolute Gasteiger partial charge is 0.508 e. The first kappa shape index (κ1) is 23.9. The minimum absolute atomic E-state index is 0.304. The summed E-state index contributed by atoms with van der Waals surface area (Å²) >= 11 is 0. The van der Waals surface area contributed by atoms with Gasteiger partial charge >= 0.3 is 0 Å². The van der Waals surface area contributed by atoms with Gasteiger partial charge in [-0.1, -0.05) is 88.8 Å². The maximum Gasteiger partial charge on any atom is 0.115 e. The molecule has 0 spiro atoms. The minimum Gasteiger partial charge on any atom is -0.508 e. The molecule has 0 amide bonds. The summed E-state index contributed by atoms with van der Waals surface area (Å²) in [4.78, 5) is 0. The molecule has 0 aliphatic rings. The van der Waals surface area contributed by atoms with Crippen LogP contribution in [-0.4, -0.2) is 10.2 Å². The van der Waals surface area contributed by atoms with Gasteiger partial charge in [-0.15, -0.1) is 0 Å². The van der Waals surface area contributed by atoms with Crippen molar-refractivity contribution >= 4 is 0 Å². The van der Waals surface area contributed by atoms with Crippen LogP contribution >= 0.6 is 0 Å². The maximum atomic E-state index is 9.79. The summed E-state index contributed by atoms with van der Waals surface area (Å²) in [5.74, 6) is 0.609. The number of phenols is 2. The minimum atomic E-state index is 0.304. The Balaban J connectivity index is 2.04. The molecule has 0 saturated heterocycles. The summed E-state index contributed by atoms with van der Waals surface area (Å²) in [5, 5.41) is 19.6. The predicted molar refractivity (Wildman–Crippen MR) is 136 cm³/mol. The first-order chi connectivity index (χ1) is 15.6. The van der Waals surface area contributed by atoms with E-state index in [0.717, 1.165) is 12.8 Å². The fourth-order valence-electron chi connectivity index (χ4n) is 4.41.